The number of hydrogen-bond acceptors (Lipinski definition) is 4. The number of ether oxygens (including phenoxy) is 1. The van der Waals surface area contributed by atoms with Crippen LogP contribution in [0.5, 0.6) is 0 Å². The third-order valence-electron chi connectivity index (χ3n) is 1.96. The van der Waals surface area contributed by atoms with Gasteiger partial charge in [0.1, 0.15) is 5.82 Å². The minimum Gasteiger partial charge on any atom is -0.385 e. The summed E-state index contributed by atoms with van der Waals surface area (Å²) in [7, 11) is 3.02. The molecule has 0 unspecified atom stereocenters. The lowest BCUT2D eigenvalue weighted by molar-refractivity contribution is 0.184. The van der Waals surface area contributed by atoms with E-state index < -0.39 is 11.2 Å². The lowest BCUT2D eigenvalue weighted by Gasteiger charge is -2.07. The lowest BCUT2D eigenvalue weighted by Crippen LogP contribution is -2.40. The van der Waals surface area contributed by atoms with Crippen LogP contribution < -0.4 is 17.0 Å². The molecule has 0 atom stereocenters. The molecule has 0 aromatic carbocycles. The molecule has 0 saturated carbocycles. The monoisotopic (exact) mass is 199 g/mol. The first-order chi connectivity index (χ1) is 6.57. The van der Waals surface area contributed by atoms with Gasteiger partial charge in [0.25, 0.3) is 5.56 Å². The van der Waals surface area contributed by atoms with Gasteiger partial charge in [-0.3, -0.25) is 13.9 Å². The smallest absolute Gasteiger partial charge is 0.332 e. The van der Waals surface area contributed by atoms with Crippen LogP contribution in [0.1, 0.15) is 0 Å². The molecule has 14 heavy (non-hydrogen) atoms. The molecular weight excluding hydrogens is 186 g/mol. The average Bonchev–Trinajstić information content (AvgIpc) is 2.14. The van der Waals surface area contributed by atoms with E-state index in [0.717, 1.165) is 4.57 Å². The quantitative estimate of drug-likeness (QED) is 0.661. The number of nitrogen functional groups attached to an aromatic ring is 1. The van der Waals surface area contributed by atoms with Gasteiger partial charge in [-0.05, 0) is 0 Å². The van der Waals surface area contributed by atoms with Crippen LogP contribution in [-0.2, 0) is 18.3 Å². The van der Waals surface area contributed by atoms with Crippen molar-refractivity contribution in [3.05, 3.63) is 26.9 Å². The van der Waals surface area contributed by atoms with Gasteiger partial charge in [-0.2, -0.15) is 0 Å². The van der Waals surface area contributed by atoms with Crippen LogP contribution in [0.3, 0.4) is 0 Å². The molecule has 0 saturated heterocycles. The fraction of sp³-hybridized carbons (Fsp3) is 0.500. The predicted molar refractivity (Wildman–Crippen MR) is 52.2 cm³/mol. The highest BCUT2D eigenvalue weighted by molar-refractivity contribution is 5.25. The molecule has 0 aliphatic rings. The van der Waals surface area contributed by atoms with Crippen molar-refractivity contribution < 1.29 is 4.74 Å². The van der Waals surface area contributed by atoms with Crippen molar-refractivity contribution in [2.24, 2.45) is 7.05 Å². The number of aromatic nitrogens is 2. The van der Waals surface area contributed by atoms with Gasteiger partial charge in [0.2, 0.25) is 0 Å². The highest BCUT2D eigenvalue weighted by atomic mass is 16.5. The molecule has 6 nitrogen and oxygen atoms in total. The van der Waals surface area contributed by atoms with Gasteiger partial charge in [0.15, 0.2) is 0 Å². The summed E-state index contributed by atoms with van der Waals surface area (Å²) in [5.41, 5.74) is 4.61. The molecule has 0 fully saturated rings. The van der Waals surface area contributed by atoms with Crippen molar-refractivity contribution in [3.8, 4) is 0 Å². The van der Waals surface area contributed by atoms with Crippen molar-refractivity contribution in [3.63, 3.8) is 0 Å². The largest absolute Gasteiger partial charge is 0.385 e. The van der Waals surface area contributed by atoms with E-state index in [2.05, 4.69) is 0 Å². The average molecular weight is 199 g/mol. The van der Waals surface area contributed by atoms with Crippen molar-refractivity contribution >= 4 is 5.82 Å². The molecule has 1 heterocycles. The van der Waals surface area contributed by atoms with Gasteiger partial charge >= 0.3 is 5.69 Å². The molecule has 6 heteroatoms. The van der Waals surface area contributed by atoms with Crippen LogP contribution in [0.4, 0.5) is 5.82 Å². The van der Waals surface area contributed by atoms with E-state index in [1.807, 2.05) is 0 Å². The van der Waals surface area contributed by atoms with Gasteiger partial charge in [0, 0.05) is 20.2 Å². The number of nitrogens with two attached hydrogens (primary N) is 1. The Morgan fingerprint density at radius 2 is 2.14 bits per heavy atom. The highest BCUT2D eigenvalue weighted by Gasteiger charge is 2.05. The zero-order chi connectivity index (χ0) is 10.7. The van der Waals surface area contributed by atoms with E-state index in [9.17, 15) is 9.59 Å². The van der Waals surface area contributed by atoms with Crippen LogP contribution in [-0.4, -0.2) is 22.9 Å². The minimum atomic E-state index is -0.424. The lowest BCUT2D eigenvalue weighted by atomic mass is 10.5. The maximum atomic E-state index is 11.5. The summed E-state index contributed by atoms with van der Waals surface area (Å²) in [6, 6.07) is 1.22. The molecule has 0 radical (unpaired) electrons. The highest BCUT2D eigenvalue weighted by Crippen LogP contribution is 1.88. The summed E-state index contributed by atoms with van der Waals surface area (Å²) in [5.74, 6) is 0.161. The maximum Gasteiger partial charge on any atom is 0.332 e. The van der Waals surface area contributed by atoms with Crippen LogP contribution >= 0.6 is 0 Å². The Morgan fingerprint density at radius 1 is 1.50 bits per heavy atom. The normalized spacial score (nSPS) is 10.4. The van der Waals surface area contributed by atoms with Gasteiger partial charge in [-0.25, -0.2) is 4.79 Å². The van der Waals surface area contributed by atoms with Crippen LogP contribution in [0, 0.1) is 0 Å². The molecule has 0 spiro atoms. The van der Waals surface area contributed by atoms with Gasteiger partial charge < -0.3 is 10.5 Å². The molecule has 0 bridgehead atoms. The molecule has 1 aromatic heterocycles. The van der Waals surface area contributed by atoms with E-state index in [1.165, 1.54) is 24.8 Å². The number of methoxy groups -OCH3 is 1. The van der Waals surface area contributed by atoms with Gasteiger partial charge in [0.05, 0.1) is 13.2 Å². The zero-order valence-electron chi connectivity index (χ0n) is 8.19. The summed E-state index contributed by atoms with van der Waals surface area (Å²) < 4.78 is 7.09. The van der Waals surface area contributed by atoms with E-state index in [1.54, 1.807) is 0 Å². The van der Waals surface area contributed by atoms with Crippen molar-refractivity contribution in [2.45, 2.75) is 6.54 Å². The number of anilines is 1. The Kier molecular flexibility index (Phi) is 3.08. The second-order valence-corrected chi connectivity index (χ2v) is 2.89. The minimum absolute atomic E-state index is 0.161. The van der Waals surface area contributed by atoms with Gasteiger partial charge in [-0.15, -0.1) is 0 Å². The molecule has 0 aliphatic carbocycles. The molecule has 1 rings (SSSR count). The first-order valence-corrected chi connectivity index (χ1v) is 4.13. The molecule has 2 N–H and O–H groups in total. The third-order valence-corrected chi connectivity index (χ3v) is 1.96. The second kappa shape index (κ2) is 4.10. The standard InChI is InChI=1S/C8H13N3O3/c1-10-6(9)5-7(12)11(8(10)13)3-4-14-2/h5H,3-4,9H2,1-2H3. The van der Waals surface area contributed by atoms with Crippen molar-refractivity contribution in [1.29, 1.82) is 0 Å². The Bertz CT molecular complexity index is 432. The number of rotatable bonds is 3. The van der Waals surface area contributed by atoms with Crippen molar-refractivity contribution in [1.82, 2.24) is 9.13 Å². The topological polar surface area (TPSA) is 79.2 Å². The summed E-state index contributed by atoms with van der Waals surface area (Å²) in [5, 5.41) is 0. The number of hydrogen-bond donors (Lipinski definition) is 1. The summed E-state index contributed by atoms with van der Waals surface area (Å²) in [4.78, 5) is 22.8. The first-order valence-electron chi connectivity index (χ1n) is 4.13. The SMILES string of the molecule is COCCn1c(=O)cc(N)n(C)c1=O. The molecule has 78 valence electrons. The summed E-state index contributed by atoms with van der Waals surface area (Å²) >= 11 is 0. The van der Waals surface area contributed by atoms with Crippen LogP contribution in [0.25, 0.3) is 0 Å². The Labute approximate surface area is 80.5 Å². The molecule has 0 aliphatic heterocycles. The van der Waals surface area contributed by atoms with Crippen molar-refractivity contribution in [2.75, 3.05) is 19.5 Å². The van der Waals surface area contributed by atoms with E-state index in [-0.39, 0.29) is 12.4 Å². The van der Waals surface area contributed by atoms with E-state index >= 15 is 0 Å². The Hall–Kier alpha value is -1.56. The van der Waals surface area contributed by atoms with E-state index in [0.29, 0.717) is 6.61 Å². The predicted octanol–water partition coefficient (Wildman–Crippen LogP) is -1.22. The summed E-state index contributed by atoms with van der Waals surface area (Å²) in [6.45, 7) is 0.557. The van der Waals surface area contributed by atoms with Crippen LogP contribution in [0.15, 0.2) is 15.7 Å². The summed E-state index contributed by atoms with van der Waals surface area (Å²) in [6.07, 6.45) is 0. The Balaban J connectivity index is 3.23. The molecule has 0 amide bonds. The van der Waals surface area contributed by atoms with Crippen LogP contribution in [0.2, 0.25) is 0 Å². The maximum absolute atomic E-state index is 11.5. The first kappa shape index (κ1) is 10.5. The molecule has 1 aromatic rings. The zero-order valence-corrected chi connectivity index (χ0v) is 8.19. The van der Waals surface area contributed by atoms with Gasteiger partial charge in [-0.1, -0.05) is 0 Å². The third kappa shape index (κ3) is 1.85. The van der Waals surface area contributed by atoms with E-state index in [4.69, 9.17) is 10.5 Å². The Morgan fingerprint density at radius 3 is 2.71 bits per heavy atom. The molecular formula is C8H13N3O3. The fourth-order valence-corrected chi connectivity index (χ4v) is 1.08. The number of nitrogens with zero attached hydrogens (tertiary/aromatic N) is 2. The fourth-order valence-electron chi connectivity index (χ4n) is 1.08. The second-order valence-electron chi connectivity index (χ2n) is 2.89.